The van der Waals surface area contributed by atoms with Crippen molar-refractivity contribution in [2.75, 3.05) is 17.7 Å². The number of aromatic nitrogens is 1. The van der Waals surface area contributed by atoms with E-state index in [1.54, 1.807) is 13.0 Å². The van der Waals surface area contributed by atoms with Gasteiger partial charge in [0, 0.05) is 18.9 Å². The summed E-state index contributed by atoms with van der Waals surface area (Å²) in [7, 11) is 1.50. The van der Waals surface area contributed by atoms with Gasteiger partial charge in [0.05, 0.1) is 5.56 Å². The third kappa shape index (κ3) is 2.90. The lowest BCUT2D eigenvalue weighted by Gasteiger charge is -2.09. The van der Waals surface area contributed by atoms with Gasteiger partial charge in [0.15, 0.2) is 11.6 Å². The van der Waals surface area contributed by atoms with Crippen LogP contribution in [0.2, 0.25) is 0 Å². The number of halogens is 2. The van der Waals surface area contributed by atoms with Gasteiger partial charge in [-0.2, -0.15) is 0 Å². The number of aryl methyl sites for hydroxylation is 1. The van der Waals surface area contributed by atoms with Crippen molar-refractivity contribution < 1.29 is 13.6 Å². The zero-order valence-corrected chi connectivity index (χ0v) is 11.0. The van der Waals surface area contributed by atoms with Crippen LogP contribution in [0.15, 0.2) is 30.5 Å². The molecule has 0 aliphatic carbocycles. The molecule has 0 saturated heterocycles. The van der Waals surface area contributed by atoms with Crippen LogP contribution >= 0.6 is 0 Å². The summed E-state index contributed by atoms with van der Waals surface area (Å²) in [5, 5.41) is 5.00. The highest BCUT2D eigenvalue weighted by atomic mass is 19.1. The van der Waals surface area contributed by atoms with E-state index in [2.05, 4.69) is 15.6 Å². The van der Waals surface area contributed by atoms with Crippen LogP contribution in [0.1, 0.15) is 15.9 Å². The molecule has 6 heteroatoms. The van der Waals surface area contributed by atoms with Crippen LogP contribution in [0, 0.1) is 18.6 Å². The molecule has 0 atom stereocenters. The van der Waals surface area contributed by atoms with Gasteiger partial charge >= 0.3 is 0 Å². The number of hydrogen-bond acceptors (Lipinski definition) is 3. The number of nitrogens with zero attached hydrogens (tertiary/aromatic N) is 1. The Morgan fingerprint density at radius 2 is 2.00 bits per heavy atom. The molecule has 104 valence electrons. The average molecular weight is 277 g/mol. The van der Waals surface area contributed by atoms with Crippen molar-refractivity contribution in [3.8, 4) is 0 Å². The molecule has 0 aliphatic heterocycles. The van der Waals surface area contributed by atoms with Crippen LogP contribution < -0.4 is 10.6 Å². The Kier molecular flexibility index (Phi) is 3.93. The number of hydrogen-bond donors (Lipinski definition) is 2. The van der Waals surface area contributed by atoms with Crippen molar-refractivity contribution in [3.63, 3.8) is 0 Å². The Hall–Kier alpha value is -2.50. The van der Waals surface area contributed by atoms with Gasteiger partial charge in [0.25, 0.3) is 5.91 Å². The first-order chi connectivity index (χ1) is 9.51. The predicted molar refractivity (Wildman–Crippen MR) is 72.8 cm³/mol. The summed E-state index contributed by atoms with van der Waals surface area (Å²) in [4.78, 5) is 15.7. The molecule has 1 aromatic carbocycles. The lowest BCUT2D eigenvalue weighted by atomic mass is 10.2. The van der Waals surface area contributed by atoms with Gasteiger partial charge in [0.2, 0.25) is 0 Å². The molecule has 1 heterocycles. The number of anilines is 2. The van der Waals surface area contributed by atoms with Gasteiger partial charge in [-0.15, -0.1) is 0 Å². The second-order valence-corrected chi connectivity index (χ2v) is 4.24. The second-order valence-electron chi connectivity index (χ2n) is 4.24. The van der Waals surface area contributed by atoms with Gasteiger partial charge in [-0.05, 0) is 36.8 Å². The maximum atomic E-state index is 13.9. The van der Waals surface area contributed by atoms with Crippen LogP contribution in [0.5, 0.6) is 0 Å². The molecule has 0 spiro atoms. The first-order valence-corrected chi connectivity index (χ1v) is 5.92. The van der Waals surface area contributed by atoms with Gasteiger partial charge in [0.1, 0.15) is 5.82 Å². The van der Waals surface area contributed by atoms with E-state index in [0.29, 0.717) is 5.56 Å². The molecule has 0 unspecified atom stereocenters. The molecule has 0 saturated carbocycles. The maximum absolute atomic E-state index is 13.9. The van der Waals surface area contributed by atoms with E-state index >= 15 is 0 Å². The number of amides is 1. The lowest BCUT2D eigenvalue weighted by Crippen LogP contribution is -2.15. The van der Waals surface area contributed by atoms with Gasteiger partial charge in [-0.3, -0.25) is 4.79 Å². The fraction of sp³-hybridized carbons (Fsp3) is 0.143. The zero-order valence-electron chi connectivity index (χ0n) is 11.0. The molecule has 1 aromatic heterocycles. The molecule has 2 aromatic rings. The number of nitrogens with one attached hydrogen (secondary N) is 2. The highest BCUT2D eigenvalue weighted by Gasteiger charge is 2.15. The quantitative estimate of drug-likeness (QED) is 0.907. The van der Waals surface area contributed by atoms with Crippen molar-refractivity contribution in [2.24, 2.45) is 0 Å². The van der Waals surface area contributed by atoms with E-state index in [1.807, 2.05) is 0 Å². The minimum Gasteiger partial charge on any atom is -0.371 e. The molecule has 2 rings (SSSR count). The lowest BCUT2D eigenvalue weighted by molar-refractivity contribution is 0.102. The Bertz CT molecular complexity index is 639. The van der Waals surface area contributed by atoms with Crippen LogP contribution in [0.3, 0.4) is 0 Å². The number of rotatable bonds is 3. The first-order valence-electron chi connectivity index (χ1n) is 5.92. The summed E-state index contributed by atoms with van der Waals surface area (Å²) < 4.78 is 27.2. The second kappa shape index (κ2) is 5.64. The predicted octanol–water partition coefficient (Wildman–Crippen LogP) is 2.96. The summed E-state index contributed by atoms with van der Waals surface area (Å²) in [5.74, 6) is -1.90. The molecule has 0 radical (unpaired) electrons. The summed E-state index contributed by atoms with van der Waals surface area (Å²) in [6, 6.07) is 5.36. The Balaban J connectivity index is 2.28. The molecule has 1 amide bonds. The van der Waals surface area contributed by atoms with E-state index < -0.39 is 17.5 Å². The normalized spacial score (nSPS) is 10.2. The minimum absolute atomic E-state index is 0.0203. The van der Waals surface area contributed by atoms with Gasteiger partial charge in [-0.1, -0.05) is 0 Å². The SMILES string of the molecule is CNc1nccc(C(=O)Nc2cc(C)cc(F)c2)c1F. The van der Waals surface area contributed by atoms with E-state index in [1.165, 1.54) is 31.4 Å². The average Bonchev–Trinajstić information content (AvgIpc) is 2.37. The summed E-state index contributed by atoms with van der Waals surface area (Å²) in [5.41, 5.74) is 0.771. The van der Waals surface area contributed by atoms with E-state index in [-0.39, 0.29) is 17.1 Å². The molecular formula is C14H13F2N3O. The first kappa shape index (κ1) is 13.9. The summed E-state index contributed by atoms with van der Waals surface area (Å²) in [6.45, 7) is 1.70. The Labute approximate surface area is 114 Å². The molecule has 0 aliphatic rings. The smallest absolute Gasteiger partial charge is 0.258 e. The van der Waals surface area contributed by atoms with E-state index in [0.717, 1.165) is 0 Å². The van der Waals surface area contributed by atoms with Crippen LogP contribution in [0.4, 0.5) is 20.3 Å². The molecule has 0 bridgehead atoms. The van der Waals surface area contributed by atoms with Crippen LogP contribution in [0.25, 0.3) is 0 Å². The van der Waals surface area contributed by atoms with Crippen LogP contribution in [-0.4, -0.2) is 17.9 Å². The topological polar surface area (TPSA) is 54.0 Å². The van der Waals surface area contributed by atoms with Crippen LogP contribution in [-0.2, 0) is 0 Å². The molecule has 2 N–H and O–H groups in total. The molecule has 0 fully saturated rings. The van der Waals surface area contributed by atoms with Crippen molar-refractivity contribution in [1.29, 1.82) is 0 Å². The van der Waals surface area contributed by atoms with Crippen molar-refractivity contribution in [1.82, 2.24) is 4.98 Å². The zero-order chi connectivity index (χ0) is 14.7. The summed E-state index contributed by atoms with van der Waals surface area (Å²) in [6.07, 6.45) is 1.32. The number of carbonyl (C=O) groups excluding carboxylic acids is 1. The van der Waals surface area contributed by atoms with E-state index in [4.69, 9.17) is 0 Å². The largest absolute Gasteiger partial charge is 0.371 e. The van der Waals surface area contributed by atoms with Crippen molar-refractivity contribution in [3.05, 3.63) is 53.2 Å². The third-order valence-corrected chi connectivity index (χ3v) is 2.67. The molecule has 20 heavy (non-hydrogen) atoms. The Morgan fingerprint density at radius 3 is 2.65 bits per heavy atom. The molecular weight excluding hydrogens is 264 g/mol. The van der Waals surface area contributed by atoms with Gasteiger partial charge in [-0.25, -0.2) is 13.8 Å². The van der Waals surface area contributed by atoms with E-state index in [9.17, 15) is 13.6 Å². The van der Waals surface area contributed by atoms with Gasteiger partial charge < -0.3 is 10.6 Å². The Morgan fingerprint density at radius 1 is 1.25 bits per heavy atom. The minimum atomic E-state index is -0.749. The fourth-order valence-corrected chi connectivity index (χ4v) is 1.80. The van der Waals surface area contributed by atoms with Crippen molar-refractivity contribution in [2.45, 2.75) is 6.92 Å². The fourth-order valence-electron chi connectivity index (χ4n) is 1.80. The monoisotopic (exact) mass is 277 g/mol. The number of benzene rings is 1. The highest BCUT2D eigenvalue weighted by molar-refractivity contribution is 6.04. The van der Waals surface area contributed by atoms with Crippen molar-refractivity contribution >= 4 is 17.4 Å². The number of pyridine rings is 1. The highest BCUT2D eigenvalue weighted by Crippen LogP contribution is 2.18. The number of carbonyl (C=O) groups is 1. The molecule has 4 nitrogen and oxygen atoms in total. The summed E-state index contributed by atoms with van der Waals surface area (Å²) >= 11 is 0. The maximum Gasteiger partial charge on any atom is 0.258 e. The standard InChI is InChI=1S/C14H13F2N3O/c1-8-5-9(15)7-10(6-8)19-14(20)11-3-4-18-13(17-2)12(11)16/h3-7H,1-2H3,(H,17,18)(H,19,20). The third-order valence-electron chi connectivity index (χ3n) is 2.67.